The fourth-order valence-corrected chi connectivity index (χ4v) is 4.27. The Bertz CT molecular complexity index is 1510. The smallest absolute Gasteiger partial charge is 0.294 e. The molecule has 0 saturated carbocycles. The maximum absolute atomic E-state index is 13.6. The van der Waals surface area contributed by atoms with E-state index < -0.39 is 23.5 Å². The Morgan fingerprint density at radius 1 is 1.09 bits per heavy atom. The van der Waals surface area contributed by atoms with Gasteiger partial charge in [-0.3, -0.25) is 24.3 Å². The largest absolute Gasteiger partial charge is 0.503 e. The number of rotatable bonds is 5. The minimum Gasteiger partial charge on any atom is -0.503 e. The molecule has 2 N–H and O–H groups in total. The summed E-state index contributed by atoms with van der Waals surface area (Å²) in [5.41, 5.74) is 1.63. The van der Waals surface area contributed by atoms with E-state index in [4.69, 9.17) is 16.0 Å². The molecule has 2 aromatic heterocycles. The molecule has 1 atom stereocenters. The van der Waals surface area contributed by atoms with Gasteiger partial charge in [0.2, 0.25) is 11.7 Å². The Hall–Kier alpha value is -4.43. The van der Waals surface area contributed by atoms with Crippen LogP contribution < -0.4 is 10.2 Å². The molecule has 35 heavy (non-hydrogen) atoms. The van der Waals surface area contributed by atoms with Gasteiger partial charge in [0.05, 0.1) is 11.3 Å². The van der Waals surface area contributed by atoms with Gasteiger partial charge in [0.25, 0.3) is 5.91 Å². The van der Waals surface area contributed by atoms with E-state index in [1.807, 2.05) is 0 Å². The fraction of sp³-hybridized carbons (Fsp3) is 0.0769. The quantitative estimate of drug-likeness (QED) is 0.373. The van der Waals surface area contributed by atoms with Crippen LogP contribution in [0, 0.1) is 0 Å². The van der Waals surface area contributed by atoms with E-state index >= 15 is 0 Å². The maximum Gasteiger partial charge on any atom is 0.294 e. The van der Waals surface area contributed by atoms with Gasteiger partial charge in [-0.2, -0.15) is 0 Å². The highest BCUT2D eigenvalue weighted by atomic mass is 35.5. The second-order valence-corrected chi connectivity index (χ2v) is 8.38. The Balaban J connectivity index is 1.59. The molecule has 1 unspecified atom stereocenters. The minimum atomic E-state index is -1.00. The van der Waals surface area contributed by atoms with Gasteiger partial charge in [-0.05, 0) is 60.7 Å². The molecule has 3 heterocycles. The third-order valence-corrected chi connectivity index (χ3v) is 5.82. The van der Waals surface area contributed by atoms with E-state index in [9.17, 15) is 19.5 Å². The molecular formula is C26H18ClN3O5. The highest BCUT2D eigenvalue weighted by Gasteiger charge is 2.46. The molecule has 8 nitrogen and oxygen atoms in total. The summed E-state index contributed by atoms with van der Waals surface area (Å²) in [4.78, 5) is 43.8. The zero-order valence-corrected chi connectivity index (χ0v) is 19.1. The molecule has 2 amide bonds. The molecule has 174 valence electrons. The molecule has 1 aliphatic heterocycles. The normalized spacial score (nSPS) is 15.7. The third-order valence-electron chi connectivity index (χ3n) is 5.59. The van der Waals surface area contributed by atoms with Crippen molar-refractivity contribution in [3.8, 4) is 0 Å². The number of amides is 2. The van der Waals surface area contributed by atoms with Crippen LogP contribution in [0.15, 0.2) is 88.7 Å². The summed E-state index contributed by atoms with van der Waals surface area (Å²) < 4.78 is 5.71. The van der Waals surface area contributed by atoms with Crippen LogP contribution in [0.2, 0.25) is 5.02 Å². The summed E-state index contributed by atoms with van der Waals surface area (Å²) >= 11 is 6.05. The first-order chi connectivity index (χ1) is 16.8. The number of carbonyl (C=O) groups excluding carboxylic acids is 3. The van der Waals surface area contributed by atoms with Crippen LogP contribution in [-0.2, 0) is 9.59 Å². The molecule has 0 aliphatic carbocycles. The van der Waals surface area contributed by atoms with E-state index in [0.29, 0.717) is 33.1 Å². The number of benzene rings is 2. The Kier molecular flexibility index (Phi) is 5.58. The number of anilines is 2. The van der Waals surface area contributed by atoms with E-state index in [1.54, 1.807) is 66.9 Å². The van der Waals surface area contributed by atoms with Crippen LogP contribution >= 0.6 is 11.6 Å². The number of fused-ring (bicyclic) bond motifs is 1. The number of nitrogens with zero attached hydrogens (tertiary/aromatic N) is 2. The second-order valence-electron chi connectivity index (χ2n) is 7.94. The first-order valence-corrected chi connectivity index (χ1v) is 11.0. The standard InChI is InChI=1S/C26H18ClN3O5/c1-14(31)29-17-6-8-18(9-7-17)30-23(19-4-2-3-11-28-19)22(25(33)26(30)34)24(32)21-13-15-12-16(27)5-10-20(15)35-21/h2-13,23,33H,1H3,(H,29,31). The number of aliphatic hydroxyl groups excluding tert-OH is 1. The van der Waals surface area contributed by atoms with E-state index in [0.717, 1.165) is 0 Å². The third kappa shape index (κ3) is 4.04. The number of halogens is 1. The Morgan fingerprint density at radius 3 is 2.54 bits per heavy atom. The van der Waals surface area contributed by atoms with Gasteiger partial charge >= 0.3 is 0 Å². The molecule has 9 heteroatoms. The number of pyridine rings is 1. The van der Waals surface area contributed by atoms with E-state index in [2.05, 4.69) is 10.3 Å². The second kappa shape index (κ2) is 8.73. The van der Waals surface area contributed by atoms with Gasteiger partial charge in [-0.25, -0.2) is 0 Å². The lowest BCUT2D eigenvalue weighted by Gasteiger charge is -2.26. The molecule has 0 fully saturated rings. The first kappa shape index (κ1) is 22.4. The maximum atomic E-state index is 13.6. The molecule has 0 spiro atoms. The summed E-state index contributed by atoms with van der Waals surface area (Å²) in [6.45, 7) is 1.39. The highest BCUT2D eigenvalue weighted by molar-refractivity contribution is 6.31. The monoisotopic (exact) mass is 487 g/mol. The van der Waals surface area contributed by atoms with E-state index in [1.165, 1.54) is 17.9 Å². The number of furan rings is 1. The van der Waals surface area contributed by atoms with Crippen LogP contribution in [0.5, 0.6) is 0 Å². The molecule has 0 saturated heterocycles. The molecule has 0 bridgehead atoms. The number of carbonyl (C=O) groups is 3. The molecule has 2 aromatic carbocycles. The van der Waals surface area contributed by atoms with E-state index in [-0.39, 0.29) is 17.2 Å². The molecule has 1 aliphatic rings. The molecule has 5 rings (SSSR count). The highest BCUT2D eigenvalue weighted by Crippen LogP contribution is 2.42. The van der Waals surface area contributed by atoms with Crippen molar-refractivity contribution in [2.45, 2.75) is 13.0 Å². The van der Waals surface area contributed by atoms with Gasteiger partial charge in [0.1, 0.15) is 11.6 Å². The number of hydrogen-bond acceptors (Lipinski definition) is 6. The Morgan fingerprint density at radius 2 is 1.86 bits per heavy atom. The number of aromatic nitrogens is 1. The van der Waals surface area contributed by atoms with Crippen LogP contribution in [0.4, 0.5) is 11.4 Å². The number of Topliss-reactive ketones (excluding diaryl/α,β-unsaturated/α-hetero) is 1. The summed E-state index contributed by atoms with van der Waals surface area (Å²) in [7, 11) is 0. The predicted molar refractivity (Wildman–Crippen MR) is 130 cm³/mol. The van der Waals surface area contributed by atoms with Gasteiger partial charge in [-0.1, -0.05) is 17.7 Å². The molecule has 0 radical (unpaired) electrons. The summed E-state index contributed by atoms with van der Waals surface area (Å²) in [5, 5.41) is 14.6. The van der Waals surface area contributed by atoms with Gasteiger partial charge in [-0.15, -0.1) is 0 Å². The zero-order chi connectivity index (χ0) is 24.7. The van der Waals surface area contributed by atoms with Crippen molar-refractivity contribution in [3.63, 3.8) is 0 Å². The lowest BCUT2D eigenvalue weighted by Crippen LogP contribution is -2.31. The van der Waals surface area contributed by atoms with Crippen molar-refractivity contribution in [2.75, 3.05) is 10.2 Å². The van der Waals surface area contributed by atoms with Gasteiger partial charge in [0, 0.05) is 34.9 Å². The van der Waals surface area contributed by atoms with Crippen molar-refractivity contribution >= 4 is 51.5 Å². The van der Waals surface area contributed by atoms with Gasteiger partial charge < -0.3 is 14.8 Å². The summed E-state index contributed by atoms with van der Waals surface area (Å²) in [6.07, 6.45) is 1.54. The predicted octanol–water partition coefficient (Wildman–Crippen LogP) is 5.22. The number of ketones is 1. The van der Waals surface area contributed by atoms with Crippen LogP contribution in [-0.4, -0.2) is 27.7 Å². The van der Waals surface area contributed by atoms with Crippen molar-refractivity contribution in [3.05, 3.63) is 101 Å². The van der Waals surface area contributed by atoms with Crippen molar-refractivity contribution in [1.29, 1.82) is 0 Å². The molecular weight excluding hydrogens is 470 g/mol. The van der Waals surface area contributed by atoms with Crippen LogP contribution in [0.25, 0.3) is 11.0 Å². The average molecular weight is 488 g/mol. The molecule has 4 aromatic rings. The average Bonchev–Trinajstić information content (AvgIpc) is 3.38. The number of aliphatic hydroxyl groups is 1. The number of nitrogens with one attached hydrogen (secondary N) is 1. The first-order valence-electron chi connectivity index (χ1n) is 10.6. The summed E-state index contributed by atoms with van der Waals surface area (Å²) in [6, 6.07) is 17.0. The number of hydrogen-bond donors (Lipinski definition) is 2. The Labute approximate surface area is 204 Å². The lowest BCUT2D eigenvalue weighted by molar-refractivity contribution is -0.117. The summed E-state index contributed by atoms with van der Waals surface area (Å²) in [5.74, 6) is -2.36. The fourth-order valence-electron chi connectivity index (χ4n) is 4.09. The van der Waals surface area contributed by atoms with Crippen LogP contribution in [0.1, 0.15) is 29.2 Å². The van der Waals surface area contributed by atoms with Crippen molar-refractivity contribution < 1.29 is 23.9 Å². The topological polar surface area (TPSA) is 113 Å². The lowest BCUT2D eigenvalue weighted by atomic mass is 9.98. The SMILES string of the molecule is CC(=O)Nc1ccc(N2C(=O)C(O)=C(C(=O)c3cc4cc(Cl)ccc4o3)C2c2ccccn2)cc1. The minimum absolute atomic E-state index is 0.0413. The van der Waals surface area contributed by atoms with Crippen LogP contribution in [0.3, 0.4) is 0 Å². The van der Waals surface area contributed by atoms with Crippen molar-refractivity contribution in [1.82, 2.24) is 4.98 Å². The van der Waals surface area contributed by atoms with Gasteiger partial charge in [0.15, 0.2) is 11.5 Å². The van der Waals surface area contributed by atoms with Crippen molar-refractivity contribution in [2.24, 2.45) is 0 Å². The zero-order valence-electron chi connectivity index (χ0n) is 18.4.